The Morgan fingerprint density at radius 1 is 1.19 bits per heavy atom. The van der Waals surface area contributed by atoms with Gasteiger partial charge in [-0.2, -0.15) is 0 Å². The van der Waals surface area contributed by atoms with Crippen LogP contribution in [0, 0.1) is 23.1 Å². The first-order valence-corrected chi connectivity index (χ1v) is 13.0. The first kappa shape index (κ1) is 26.6. The Bertz CT molecular complexity index is 1060. The van der Waals surface area contributed by atoms with Gasteiger partial charge in [-0.05, 0) is 45.4 Å². The van der Waals surface area contributed by atoms with Crippen molar-refractivity contribution in [2.24, 2.45) is 17.3 Å². The summed E-state index contributed by atoms with van der Waals surface area (Å²) in [6.45, 7) is 10.4. The van der Waals surface area contributed by atoms with Crippen LogP contribution in [-0.2, 0) is 30.4 Å². The molecule has 1 amide bonds. The normalized spacial score (nSPS) is 25.2. The van der Waals surface area contributed by atoms with Crippen LogP contribution in [-0.4, -0.2) is 70.0 Å². The molecule has 1 aromatic carbocycles. The number of halogens is 1. The number of carbonyl (C=O) groups excluding carboxylic acids is 3. The molecule has 8 nitrogen and oxygen atoms in total. The molecule has 0 bridgehead atoms. The van der Waals surface area contributed by atoms with Gasteiger partial charge in [0.2, 0.25) is 12.7 Å². The maximum absolute atomic E-state index is 13.2. The summed E-state index contributed by atoms with van der Waals surface area (Å²) in [5, 5.41) is 10.4. The first-order chi connectivity index (χ1) is 16.9. The number of aliphatic hydroxyl groups is 1. The predicted octanol–water partition coefficient (Wildman–Crippen LogP) is 2.90. The highest BCUT2D eigenvalue weighted by Crippen LogP contribution is 2.52. The van der Waals surface area contributed by atoms with E-state index in [1.807, 2.05) is 6.92 Å². The van der Waals surface area contributed by atoms with Gasteiger partial charge in [0.1, 0.15) is 11.5 Å². The molecule has 196 valence electrons. The second-order valence-electron chi connectivity index (χ2n) is 10.8. The van der Waals surface area contributed by atoms with Crippen molar-refractivity contribution in [1.82, 2.24) is 9.80 Å². The number of amides is 1. The Morgan fingerprint density at radius 2 is 1.83 bits per heavy atom. The number of ether oxygens (including phenoxy) is 2. The van der Waals surface area contributed by atoms with Gasteiger partial charge >= 0.3 is 11.9 Å². The number of β-lactam (4-membered cyclic amide) rings is 1. The van der Waals surface area contributed by atoms with Crippen molar-refractivity contribution in [3.63, 3.8) is 0 Å². The van der Waals surface area contributed by atoms with E-state index in [1.165, 1.54) is 17.0 Å². The zero-order chi connectivity index (χ0) is 26.4. The average molecular weight is 521 g/mol. The highest BCUT2D eigenvalue weighted by Gasteiger charge is 2.60. The molecule has 3 heterocycles. The molecule has 2 fully saturated rings. The number of thioether (sulfide) groups is 1. The third-order valence-corrected chi connectivity index (χ3v) is 8.28. The summed E-state index contributed by atoms with van der Waals surface area (Å²) >= 11 is 1.56. The number of fused-ring (bicyclic) bond motifs is 1. The second-order valence-corrected chi connectivity index (χ2v) is 12.1. The predicted molar refractivity (Wildman–Crippen MR) is 132 cm³/mol. The summed E-state index contributed by atoms with van der Waals surface area (Å²) < 4.78 is 23.5. The van der Waals surface area contributed by atoms with Crippen molar-refractivity contribution in [3.8, 4) is 0 Å². The SMILES string of the molecule is CC(O)C1C(=O)N2C(C(=O)OCOC(=O)C(C)(C)C)=C(SC3CN(Cc4ccc(F)cc4)C3)C(C)C12. The van der Waals surface area contributed by atoms with Gasteiger partial charge in [0.15, 0.2) is 0 Å². The minimum atomic E-state index is -0.828. The van der Waals surface area contributed by atoms with Gasteiger partial charge in [-0.1, -0.05) is 19.1 Å². The van der Waals surface area contributed by atoms with Crippen LogP contribution >= 0.6 is 11.8 Å². The molecule has 4 unspecified atom stereocenters. The molecule has 4 rings (SSSR count). The van der Waals surface area contributed by atoms with Crippen LogP contribution in [0.3, 0.4) is 0 Å². The number of carbonyl (C=O) groups is 3. The molecule has 1 aromatic rings. The Kier molecular flexibility index (Phi) is 7.50. The number of rotatable bonds is 8. The van der Waals surface area contributed by atoms with E-state index in [-0.39, 0.29) is 34.6 Å². The molecule has 2 saturated heterocycles. The fraction of sp³-hybridized carbons (Fsp3) is 0.577. The molecule has 1 N–H and O–H groups in total. The molecule has 0 radical (unpaired) electrons. The zero-order valence-corrected chi connectivity index (χ0v) is 22.0. The number of nitrogens with zero attached hydrogens (tertiary/aromatic N) is 2. The van der Waals surface area contributed by atoms with E-state index in [4.69, 9.17) is 9.47 Å². The summed E-state index contributed by atoms with van der Waals surface area (Å²) in [5.74, 6) is -2.49. The number of benzene rings is 1. The molecule has 3 aliphatic heterocycles. The van der Waals surface area contributed by atoms with Gasteiger partial charge in [-0.25, -0.2) is 9.18 Å². The number of hydrogen-bond donors (Lipinski definition) is 1. The van der Waals surface area contributed by atoms with Gasteiger partial charge in [0.25, 0.3) is 0 Å². The molecule has 0 spiro atoms. The number of hydrogen-bond acceptors (Lipinski definition) is 8. The third-order valence-electron chi connectivity index (χ3n) is 6.83. The van der Waals surface area contributed by atoms with Crippen molar-refractivity contribution in [1.29, 1.82) is 0 Å². The Balaban J connectivity index is 1.43. The second kappa shape index (κ2) is 10.1. The Labute approximate surface area is 214 Å². The standard InChI is InChI=1S/C26H33FN2O6S/c1-14-20-19(15(2)30)23(31)29(20)21(24(32)34-13-35-25(33)26(3,4)5)22(14)36-18-11-28(12-18)10-16-6-8-17(27)9-7-16/h6-9,14-15,18-20,30H,10-13H2,1-5H3. The van der Waals surface area contributed by atoms with Crippen molar-refractivity contribution in [2.45, 2.75) is 58.6 Å². The highest BCUT2D eigenvalue weighted by atomic mass is 32.2. The largest absolute Gasteiger partial charge is 0.427 e. The van der Waals surface area contributed by atoms with E-state index in [9.17, 15) is 23.9 Å². The molecule has 0 saturated carbocycles. The van der Waals surface area contributed by atoms with Crippen LogP contribution in [0.5, 0.6) is 0 Å². The van der Waals surface area contributed by atoms with E-state index in [0.29, 0.717) is 6.54 Å². The summed E-state index contributed by atoms with van der Waals surface area (Å²) in [6.07, 6.45) is -0.828. The summed E-state index contributed by atoms with van der Waals surface area (Å²) in [4.78, 5) is 42.4. The van der Waals surface area contributed by atoms with Crippen LogP contribution in [0.25, 0.3) is 0 Å². The van der Waals surface area contributed by atoms with Crippen LogP contribution < -0.4 is 0 Å². The molecule has 3 aliphatic rings. The Hall–Kier alpha value is -2.43. The summed E-state index contributed by atoms with van der Waals surface area (Å²) in [5.41, 5.74) is 0.474. The van der Waals surface area contributed by atoms with Crippen molar-refractivity contribution in [3.05, 3.63) is 46.2 Å². The molecular formula is C26H33FN2O6S. The summed E-state index contributed by atoms with van der Waals surface area (Å²) in [7, 11) is 0. The Morgan fingerprint density at radius 3 is 2.42 bits per heavy atom. The first-order valence-electron chi connectivity index (χ1n) is 12.1. The van der Waals surface area contributed by atoms with E-state index in [1.54, 1.807) is 51.6 Å². The topological polar surface area (TPSA) is 96.4 Å². The average Bonchev–Trinajstić information content (AvgIpc) is 3.00. The monoisotopic (exact) mass is 520 g/mol. The van der Waals surface area contributed by atoms with Gasteiger partial charge in [-0.15, -0.1) is 11.8 Å². The van der Waals surface area contributed by atoms with Crippen molar-refractivity contribution < 1.29 is 33.4 Å². The number of likely N-dealkylation sites (tertiary alicyclic amines) is 1. The van der Waals surface area contributed by atoms with Crippen LogP contribution in [0.15, 0.2) is 34.9 Å². The van der Waals surface area contributed by atoms with Crippen molar-refractivity contribution in [2.75, 3.05) is 19.9 Å². The lowest BCUT2D eigenvalue weighted by Crippen LogP contribution is -2.63. The number of esters is 2. The van der Waals surface area contributed by atoms with Crippen LogP contribution in [0.4, 0.5) is 4.39 Å². The van der Waals surface area contributed by atoms with Gasteiger partial charge in [-0.3, -0.25) is 14.5 Å². The van der Waals surface area contributed by atoms with E-state index in [0.717, 1.165) is 23.6 Å². The van der Waals surface area contributed by atoms with Gasteiger partial charge < -0.3 is 19.5 Å². The van der Waals surface area contributed by atoms with Gasteiger partial charge in [0.05, 0.1) is 23.5 Å². The quantitative estimate of drug-likeness (QED) is 0.318. The highest BCUT2D eigenvalue weighted by molar-refractivity contribution is 8.03. The maximum atomic E-state index is 13.2. The molecule has 36 heavy (non-hydrogen) atoms. The fourth-order valence-electron chi connectivity index (χ4n) is 4.84. The molecule has 10 heteroatoms. The van der Waals surface area contributed by atoms with Crippen LogP contribution in [0.2, 0.25) is 0 Å². The molecular weight excluding hydrogens is 487 g/mol. The summed E-state index contributed by atoms with van der Waals surface area (Å²) in [6, 6.07) is 6.12. The minimum Gasteiger partial charge on any atom is -0.427 e. The molecule has 0 aliphatic carbocycles. The lowest BCUT2D eigenvalue weighted by Gasteiger charge is -2.46. The zero-order valence-electron chi connectivity index (χ0n) is 21.2. The van der Waals surface area contributed by atoms with Crippen LogP contribution in [0.1, 0.15) is 40.2 Å². The van der Waals surface area contributed by atoms with Gasteiger partial charge in [0, 0.05) is 35.7 Å². The van der Waals surface area contributed by atoms with E-state index >= 15 is 0 Å². The smallest absolute Gasteiger partial charge is 0.358 e. The minimum absolute atomic E-state index is 0.141. The molecule has 4 atom stereocenters. The van der Waals surface area contributed by atoms with E-state index < -0.39 is 36.2 Å². The maximum Gasteiger partial charge on any atom is 0.358 e. The lowest BCUT2D eigenvalue weighted by atomic mass is 9.79. The van der Waals surface area contributed by atoms with E-state index in [2.05, 4.69) is 4.90 Å². The third kappa shape index (κ3) is 5.17. The van der Waals surface area contributed by atoms with Crippen molar-refractivity contribution >= 4 is 29.6 Å². The number of aliphatic hydroxyl groups excluding tert-OH is 1. The lowest BCUT2D eigenvalue weighted by molar-refractivity contribution is -0.175. The fourth-order valence-corrected chi connectivity index (χ4v) is 6.42. The molecule has 0 aromatic heterocycles.